The van der Waals surface area contributed by atoms with Crippen molar-refractivity contribution in [1.29, 1.82) is 0 Å². The van der Waals surface area contributed by atoms with Crippen LogP contribution in [0.1, 0.15) is 76.5 Å². The minimum absolute atomic E-state index is 0.237. The Kier molecular flexibility index (Phi) is 45.2. The van der Waals surface area contributed by atoms with Crippen LogP contribution in [-0.2, 0) is 68.2 Å². The van der Waals surface area contributed by atoms with Crippen LogP contribution in [0.5, 0.6) is 0 Å². The predicted molar refractivity (Wildman–Crippen MR) is 335 cm³/mol. The van der Waals surface area contributed by atoms with E-state index < -0.39 is 58.7 Å². The molecule has 4 atom stereocenters. The summed E-state index contributed by atoms with van der Waals surface area (Å²) in [6.45, 7) is 8.76. The van der Waals surface area contributed by atoms with Gasteiger partial charge in [0.1, 0.15) is 24.2 Å². The van der Waals surface area contributed by atoms with Gasteiger partial charge in [-0.05, 0) is 61.6 Å². The molecule has 4 amide bonds. The number of carboxylic acid groups (broad SMARTS) is 4. The highest BCUT2D eigenvalue weighted by molar-refractivity contribution is 8.24. The van der Waals surface area contributed by atoms with E-state index in [1.807, 2.05) is 78.9 Å². The third kappa shape index (κ3) is 46.3. The monoisotopic (exact) mass is 1270 g/mol. The number of nitrogens with one attached hydrogen (secondary N) is 4. The highest BCUT2D eigenvalue weighted by Gasteiger charge is 2.22. The normalized spacial score (nSPS) is 11.3. The predicted octanol–water partition coefficient (Wildman–Crippen LogP) is 7.41. The van der Waals surface area contributed by atoms with Gasteiger partial charge in [0.2, 0.25) is 23.6 Å². The summed E-state index contributed by atoms with van der Waals surface area (Å²) in [4.78, 5) is 87.1. The molecule has 4 unspecified atom stereocenters. The molecular formula is C52H66N4O15S9. The van der Waals surface area contributed by atoms with Crippen LogP contribution in [0.2, 0.25) is 0 Å². The summed E-state index contributed by atoms with van der Waals surface area (Å²) in [6.07, 6.45) is 8.08. The summed E-state index contributed by atoms with van der Waals surface area (Å²) in [7, 11) is -3.11. The van der Waals surface area contributed by atoms with Gasteiger partial charge in [-0.15, -0.1) is 66.3 Å². The first-order valence-corrected chi connectivity index (χ1v) is 30.4. The van der Waals surface area contributed by atoms with Crippen LogP contribution >= 0.6 is 95.9 Å². The molecule has 0 saturated heterocycles. The van der Waals surface area contributed by atoms with Crippen LogP contribution in [0.3, 0.4) is 0 Å². The van der Waals surface area contributed by atoms with Crippen LogP contribution in [-0.4, -0.2) is 145 Å². The van der Waals surface area contributed by atoms with Crippen molar-refractivity contribution in [2.24, 2.45) is 0 Å². The number of thiocarbonyl (C=S) groups is 4. The van der Waals surface area contributed by atoms with Gasteiger partial charge in [-0.1, -0.05) is 146 Å². The number of allylic oxidation sites excluding steroid dienone is 1. The van der Waals surface area contributed by atoms with Crippen LogP contribution in [0, 0.1) is 0 Å². The van der Waals surface area contributed by atoms with Gasteiger partial charge in [-0.3, -0.25) is 19.2 Å². The third-order valence-electron chi connectivity index (χ3n) is 9.24. The van der Waals surface area contributed by atoms with Crippen LogP contribution in [0.15, 0.2) is 104 Å². The molecule has 0 aliphatic carbocycles. The Labute approximate surface area is 506 Å². The number of thioether (sulfide) groups is 4. The van der Waals surface area contributed by atoms with E-state index in [0.29, 0.717) is 17.0 Å². The molecule has 0 fully saturated rings. The lowest BCUT2D eigenvalue weighted by molar-refractivity contribution is -0.141. The van der Waals surface area contributed by atoms with Crippen LogP contribution in [0.25, 0.3) is 0 Å². The highest BCUT2D eigenvalue weighted by Crippen LogP contribution is 2.17. The topological polar surface area (TPSA) is 317 Å². The Hall–Kier alpha value is -5.46. The van der Waals surface area contributed by atoms with E-state index >= 15 is 0 Å². The number of amides is 4. The number of rotatable bonds is 28. The number of benzene rings is 3. The number of hydrogen-bond donors (Lipinski definition) is 8. The molecule has 0 aliphatic heterocycles. The summed E-state index contributed by atoms with van der Waals surface area (Å²) < 4.78 is 28.3. The second-order valence-corrected chi connectivity index (χ2v) is 24.0. The average molecular weight is 1280 g/mol. The molecule has 8 N–H and O–H groups in total. The third-order valence-corrected chi connectivity index (χ3v) is 15.5. The van der Waals surface area contributed by atoms with Crippen molar-refractivity contribution in [1.82, 2.24) is 21.3 Å². The lowest BCUT2D eigenvalue weighted by Gasteiger charge is -2.13. The molecule has 19 nitrogen and oxygen atoms in total. The summed E-state index contributed by atoms with van der Waals surface area (Å²) in [5.74, 6) is -4.59. The van der Waals surface area contributed by atoms with E-state index in [1.54, 1.807) is 6.08 Å². The van der Waals surface area contributed by atoms with Gasteiger partial charge >= 0.3 is 34.5 Å². The summed E-state index contributed by atoms with van der Waals surface area (Å²) in [5.41, 5.74) is 3.56. The largest absolute Gasteiger partial charge is 0.480 e. The molecule has 80 heavy (non-hydrogen) atoms. The number of carbonyl (C=O) groups excluding carboxylic acids is 4. The molecule has 3 aromatic carbocycles. The first-order chi connectivity index (χ1) is 37.7. The van der Waals surface area contributed by atoms with Crippen molar-refractivity contribution in [3.05, 3.63) is 120 Å². The quantitative estimate of drug-likeness (QED) is 0.0259. The van der Waals surface area contributed by atoms with Gasteiger partial charge in [0.15, 0.2) is 0 Å². The Morgan fingerprint density at radius 2 is 0.738 bits per heavy atom. The molecule has 28 heteroatoms. The summed E-state index contributed by atoms with van der Waals surface area (Å²) in [5, 5.41) is 45.3. The molecule has 0 spiro atoms. The van der Waals surface area contributed by atoms with Gasteiger partial charge in [0, 0.05) is 69.7 Å². The van der Waals surface area contributed by atoms with Crippen molar-refractivity contribution < 1.29 is 71.4 Å². The minimum atomic E-state index is -3.11. The zero-order valence-electron chi connectivity index (χ0n) is 44.2. The van der Waals surface area contributed by atoms with Crippen molar-refractivity contribution in [3.8, 4) is 0 Å². The highest BCUT2D eigenvalue weighted by atomic mass is 32.2. The Bertz CT molecular complexity index is 2600. The molecule has 0 aromatic heterocycles. The maximum Gasteiger partial charge on any atom is 0.425 e. The number of aryl methyl sites for hydroxylation is 2. The summed E-state index contributed by atoms with van der Waals surface area (Å²) >= 11 is 25.9. The maximum atomic E-state index is 11.0. The Morgan fingerprint density at radius 1 is 0.463 bits per heavy atom. The van der Waals surface area contributed by atoms with Crippen molar-refractivity contribution in [3.63, 3.8) is 0 Å². The van der Waals surface area contributed by atoms with Crippen molar-refractivity contribution in [2.75, 3.05) is 23.0 Å². The molecule has 0 aliphatic rings. The van der Waals surface area contributed by atoms with Gasteiger partial charge in [-0.2, -0.15) is 0 Å². The molecular weight excluding hydrogens is 1210 g/mol. The second-order valence-electron chi connectivity index (χ2n) is 16.1. The zero-order valence-corrected chi connectivity index (χ0v) is 51.5. The van der Waals surface area contributed by atoms with E-state index in [1.165, 1.54) is 85.9 Å². The van der Waals surface area contributed by atoms with E-state index in [-0.39, 0.29) is 46.6 Å². The standard InChI is InChI=1S/C15H19NO3S2.C14H17NO3S2.C13H15NO3S2.C10H15NO3S2.O3S/c1-11(17)16-13(15(18)19)10-21-14(20)9-5-8-12-6-3-2-4-7-12;1-10(16)15-12(14(17)18)9-20-13(19)8-7-11-5-3-2-4-6-11;1-9(15)14-11(13(16)17)8-19-12(18)7-10-5-3-2-4-6-10;1-3-4-5-9(15)16-6-8(10(13)14)11-7(2)12;1-4(2)3/h2-4,6-7,13H,5,8-10H2,1H3,(H,16,17)(H,18,19);2-6,12H,7-9H2,1H3,(H,15,16)(H,17,18);2-6,11H,7-8H2,1H3,(H,14,15)(H,16,17);3,8H,1,4-6H2,2H3,(H,11,12)(H,13,14);. The fraction of sp³-hybridized carbons (Fsp3) is 0.385. The number of carboxylic acids is 4. The van der Waals surface area contributed by atoms with Gasteiger partial charge in [0.05, 0.1) is 4.20 Å². The Balaban J connectivity index is 0. The number of hydrogen-bond acceptors (Lipinski definition) is 19. The number of carbonyl (C=O) groups is 8. The molecule has 3 rings (SSSR count). The maximum absolute atomic E-state index is 11.0. The first-order valence-electron chi connectivity index (χ1n) is 23.8. The number of aliphatic carboxylic acids is 4. The van der Waals surface area contributed by atoms with Gasteiger partial charge in [0.25, 0.3) is 0 Å². The molecule has 3 aromatic rings. The molecule has 0 heterocycles. The fourth-order valence-corrected chi connectivity index (χ4v) is 10.3. The lowest BCUT2D eigenvalue weighted by Crippen LogP contribution is -2.41. The van der Waals surface area contributed by atoms with Crippen molar-refractivity contribution >= 4 is 171 Å². The van der Waals surface area contributed by atoms with E-state index in [9.17, 15) is 38.4 Å². The van der Waals surface area contributed by atoms with Crippen LogP contribution < -0.4 is 21.3 Å². The van der Waals surface area contributed by atoms with Gasteiger partial charge < -0.3 is 41.7 Å². The summed E-state index contributed by atoms with van der Waals surface area (Å²) in [6, 6.07) is 26.3. The Morgan fingerprint density at radius 3 is 1.04 bits per heavy atom. The second kappa shape index (κ2) is 47.2. The molecule has 0 bridgehead atoms. The van der Waals surface area contributed by atoms with E-state index in [0.717, 1.165) is 56.7 Å². The fourth-order valence-electron chi connectivity index (χ4n) is 5.61. The molecule has 0 radical (unpaired) electrons. The lowest BCUT2D eigenvalue weighted by atomic mass is 10.1. The van der Waals surface area contributed by atoms with Crippen LogP contribution in [0.4, 0.5) is 0 Å². The SMILES string of the molecule is C=CCCC(=S)SCC(NC(C)=O)C(=O)O.CC(=O)NC(CSC(=S)CCCc1ccccc1)C(=O)O.CC(=O)NC(CSC(=S)CCc1ccccc1)C(=O)O.CC(=O)NC(CSC(=S)Cc1ccccc1)C(=O)O.O=S(=O)=O. The zero-order chi connectivity index (χ0) is 61.0. The molecule has 438 valence electrons. The van der Waals surface area contributed by atoms with E-state index in [4.69, 9.17) is 81.9 Å². The smallest absolute Gasteiger partial charge is 0.425 e. The van der Waals surface area contributed by atoms with Gasteiger partial charge in [-0.25, -0.2) is 19.2 Å². The van der Waals surface area contributed by atoms with Crippen molar-refractivity contribution in [2.45, 2.75) is 103 Å². The molecule has 0 saturated carbocycles. The average Bonchev–Trinajstić information content (AvgIpc) is 3.38. The minimum Gasteiger partial charge on any atom is -0.480 e. The van der Waals surface area contributed by atoms with E-state index in [2.05, 4.69) is 40.0 Å². The first kappa shape index (κ1) is 76.6.